The van der Waals surface area contributed by atoms with Crippen LogP contribution in [0.5, 0.6) is 11.5 Å². The zero-order valence-electron chi connectivity index (χ0n) is 18.8. The third-order valence-corrected chi connectivity index (χ3v) is 5.84. The predicted octanol–water partition coefficient (Wildman–Crippen LogP) is 3.42. The second-order valence-electron chi connectivity index (χ2n) is 7.77. The van der Waals surface area contributed by atoms with E-state index in [0.29, 0.717) is 18.0 Å². The lowest BCUT2D eigenvalue weighted by molar-refractivity contribution is -0.142. The van der Waals surface area contributed by atoms with Crippen LogP contribution >= 0.6 is 0 Å². The van der Waals surface area contributed by atoms with Crippen LogP contribution in [0.25, 0.3) is 0 Å². The largest absolute Gasteiger partial charge is 0.493 e. The predicted molar refractivity (Wildman–Crippen MR) is 119 cm³/mol. The Kier molecular flexibility index (Phi) is 7.17. The van der Waals surface area contributed by atoms with Gasteiger partial charge in [0.05, 0.1) is 34.3 Å². The number of amides is 1. The van der Waals surface area contributed by atoms with Gasteiger partial charge in [0.1, 0.15) is 0 Å². The van der Waals surface area contributed by atoms with Gasteiger partial charge in [0.25, 0.3) is 0 Å². The van der Waals surface area contributed by atoms with Gasteiger partial charge in [-0.2, -0.15) is 0 Å². The quantitative estimate of drug-likeness (QED) is 0.684. The van der Waals surface area contributed by atoms with E-state index in [-0.39, 0.29) is 30.9 Å². The molecule has 0 fully saturated rings. The summed E-state index contributed by atoms with van der Waals surface area (Å²) in [6, 6.07) is 9.40. The van der Waals surface area contributed by atoms with Gasteiger partial charge in [0.2, 0.25) is 5.91 Å². The van der Waals surface area contributed by atoms with Crippen LogP contribution in [0, 0.1) is 13.8 Å². The Morgan fingerprint density at radius 3 is 2.39 bits per heavy atom. The molecule has 7 heteroatoms. The second-order valence-corrected chi connectivity index (χ2v) is 7.77. The normalized spacial score (nSPS) is 15.7. The molecule has 0 aliphatic carbocycles. The van der Waals surface area contributed by atoms with Crippen molar-refractivity contribution in [3.8, 4) is 11.5 Å². The molecule has 2 aromatic carbocycles. The summed E-state index contributed by atoms with van der Waals surface area (Å²) in [5.41, 5.74) is 5.09. The topological polar surface area (TPSA) is 77.1 Å². The van der Waals surface area contributed by atoms with Gasteiger partial charge in [0, 0.05) is 18.3 Å². The highest BCUT2D eigenvalue weighted by Gasteiger charge is 2.32. The monoisotopic (exact) mass is 426 g/mol. The number of aryl methyl sites for hydroxylation is 2. The van der Waals surface area contributed by atoms with Gasteiger partial charge in [-0.05, 0) is 66.8 Å². The van der Waals surface area contributed by atoms with E-state index in [9.17, 15) is 9.59 Å². The number of hydrogen-bond acceptors (Lipinski definition) is 6. The van der Waals surface area contributed by atoms with Gasteiger partial charge in [-0.25, -0.2) is 0 Å². The molecule has 0 unspecified atom stereocenters. The van der Waals surface area contributed by atoms with E-state index in [1.165, 1.54) is 12.7 Å². The van der Waals surface area contributed by atoms with E-state index >= 15 is 0 Å². The number of nitrogens with one attached hydrogen (secondary N) is 1. The maximum atomic E-state index is 12.8. The molecule has 31 heavy (non-hydrogen) atoms. The van der Waals surface area contributed by atoms with Crippen LogP contribution in [-0.4, -0.2) is 51.2 Å². The van der Waals surface area contributed by atoms with E-state index in [1.54, 1.807) is 14.2 Å². The van der Waals surface area contributed by atoms with Crippen LogP contribution in [0.2, 0.25) is 0 Å². The molecule has 1 atom stereocenters. The lowest BCUT2D eigenvalue weighted by Crippen LogP contribution is -2.41. The van der Waals surface area contributed by atoms with Crippen LogP contribution in [0.3, 0.4) is 0 Å². The van der Waals surface area contributed by atoms with Crippen molar-refractivity contribution in [3.05, 3.63) is 52.6 Å². The molecule has 2 aromatic rings. The molecular weight excluding hydrogens is 396 g/mol. The fraction of sp³-hybridized carbons (Fsp3) is 0.417. The van der Waals surface area contributed by atoms with Crippen LogP contribution < -0.4 is 14.8 Å². The van der Waals surface area contributed by atoms with E-state index in [4.69, 9.17) is 14.2 Å². The van der Waals surface area contributed by atoms with Gasteiger partial charge in [0.15, 0.2) is 11.5 Å². The molecule has 0 radical (unpaired) electrons. The number of nitrogens with zero attached hydrogens (tertiary/aromatic N) is 1. The molecule has 0 saturated carbocycles. The number of benzene rings is 2. The fourth-order valence-corrected chi connectivity index (χ4v) is 3.95. The Labute approximate surface area is 183 Å². The molecule has 3 rings (SSSR count). The van der Waals surface area contributed by atoms with Crippen molar-refractivity contribution in [1.82, 2.24) is 4.90 Å². The summed E-state index contributed by atoms with van der Waals surface area (Å²) in [6.07, 6.45) is 0.889. The molecule has 0 spiro atoms. The number of carbonyl (C=O) groups excluding carboxylic acids is 2. The Morgan fingerprint density at radius 1 is 1.03 bits per heavy atom. The highest BCUT2D eigenvalue weighted by molar-refractivity contribution is 5.92. The summed E-state index contributed by atoms with van der Waals surface area (Å²) in [4.78, 5) is 27.0. The van der Waals surface area contributed by atoms with Gasteiger partial charge < -0.3 is 19.5 Å². The first-order valence-electron chi connectivity index (χ1n) is 10.3. The van der Waals surface area contributed by atoms with Gasteiger partial charge in [-0.3, -0.25) is 14.5 Å². The van der Waals surface area contributed by atoms with Crippen LogP contribution in [0.4, 0.5) is 5.69 Å². The molecule has 1 heterocycles. The summed E-state index contributed by atoms with van der Waals surface area (Å²) in [7, 11) is 4.55. The van der Waals surface area contributed by atoms with Crippen LogP contribution in [0.15, 0.2) is 30.3 Å². The second kappa shape index (κ2) is 9.83. The van der Waals surface area contributed by atoms with Crippen molar-refractivity contribution < 1.29 is 23.8 Å². The van der Waals surface area contributed by atoms with Crippen LogP contribution in [0.1, 0.15) is 34.7 Å². The lowest BCUT2D eigenvalue weighted by atomic mass is 9.90. The third-order valence-electron chi connectivity index (χ3n) is 5.84. The van der Waals surface area contributed by atoms with Crippen LogP contribution in [-0.2, 0) is 20.7 Å². The average molecular weight is 427 g/mol. The summed E-state index contributed by atoms with van der Waals surface area (Å²) >= 11 is 0. The fourth-order valence-electron chi connectivity index (χ4n) is 3.95. The smallest absolute Gasteiger partial charge is 0.307 e. The number of esters is 1. The van der Waals surface area contributed by atoms with Gasteiger partial charge in [-0.1, -0.05) is 6.07 Å². The molecule has 1 N–H and O–H groups in total. The minimum absolute atomic E-state index is 0.123. The van der Waals surface area contributed by atoms with E-state index in [1.807, 2.05) is 49.1 Å². The maximum absolute atomic E-state index is 12.8. The number of carbonyl (C=O) groups is 2. The highest BCUT2D eigenvalue weighted by Crippen LogP contribution is 2.39. The molecule has 1 amide bonds. The number of rotatable bonds is 7. The summed E-state index contributed by atoms with van der Waals surface area (Å²) < 4.78 is 15.8. The molecule has 1 aliphatic heterocycles. The molecular formula is C24H30N2O5. The summed E-state index contributed by atoms with van der Waals surface area (Å²) in [6.45, 7) is 4.86. The minimum atomic E-state index is -0.327. The van der Waals surface area contributed by atoms with Crippen molar-refractivity contribution in [1.29, 1.82) is 0 Å². The number of anilines is 1. The van der Waals surface area contributed by atoms with Crippen molar-refractivity contribution >= 4 is 17.6 Å². The van der Waals surface area contributed by atoms with Crippen molar-refractivity contribution in [2.24, 2.45) is 0 Å². The molecule has 0 aromatic heterocycles. The Balaban J connectivity index is 1.84. The van der Waals surface area contributed by atoms with E-state index < -0.39 is 0 Å². The van der Waals surface area contributed by atoms with Crippen molar-refractivity contribution in [3.63, 3.8) is 0 Å². The lowest BCUT2D eigenvalue weighted by Gasteiger charge is -2.36. The Bertz CT molecular complexity index is 973. The van der Waals surface area contributed by atoms with E-state index in [0.717, 1.165) is 28.8 Å². The van der Waals surface area contributed by atoms with Crippen molar-refractivity contribution in [2.75, 3.05) is 39.7 Å². The first-order valence-corrected chi connectivity index (χ1v) is 10.3. The Morgan fingerprint density at radius 2 is 1.74 bits per heavy atom. The summed E-state index contributed by atoms with van der Waals surface area (Å²) in [5, 5.41) is 2.97. The molecule has 7 nitrogen and oxygen atoms in total. The standard InChI is InChI=1S/C24H30N2O5/c1-15-6-7-18(10-16(15)2)25-23(27)14-26-9-8-17-11-21(29-3)22(30-4)12-19(17)20(26)13-24(28)31-5/h6-7,10-12,20H,8-9,13-14H2,1-5H3,(H,25,27)/t20-/m1/s1. The number of fused-ring (bicyclic) bond motifs is 1. The SMILES string of the molecule is COC(=O)C[C@@H]1c2cc(OC)c(OC)cc2CCN1CC(=O)Nc1ccc(C)c(C)c1. The van der Waals surface area contributed by atoms with E-state index in [2.05, 4.69) is 5.32 Å². The van der Waals surface area contributed by atoms with Gasteiger partial charge >= 0.3 is 5.97 Å². The van der Waals surface area contributed by atoms with Crippen molar-refractivity contribution in [2.45, 2.75) is 32.7 Å². The molecule has 1 aliphatic rings. The summed E-state index contributed by atoms with van der Waals surface area (Å²) in [5.74, 6) is 0.797. The molecule has 0 bridgehead atoms. The Hall–Kier alpha value is -3.06. The number of ether oxygens (including phenoxy) is 3. The highest BCUT2D eigenvalue weighted by atomic mass is 16.5. The maximum Gasteiger partial charge on any atom is 0.307 e. The minimum Gasteiger partial charge on any atom is -0.493 e. The van der Waals surface area contributed by atoms with Gasteiger partial charge in [-0.15, -0.1) is 0 Å². The third kappa shape index (κ3) is 5.17. The number of methoxy groups -OCH3 is 3. The molecule has 0 saturated heterocycles. The first kappa shape index (κ1) is 22.6. The zero-order chi connectivity index (χ0) is 22.5. The first-order chi connectivity index (χ1) is 14.9. The molecule has 166 valence electrons. The average Bonchev–Trinajstić information content (AvgIpc) is 2.76. The zero-order valence-corrected chi connectivity index (χ0v) is 18.8. The number of hydrogen-bond donors (Lipinski definition) is 1.